The van der Waals surface area contributed by atoms with Gasteiger partial charge in [-0.25, -0.2) is 4.98 Å². The molecule has 1 aliphatic rings. The summed E-state index contributed by atoms with van der Waals surface area (Å²) in [5.41, 5.74) is 5.71. The number of anilines is 1. The fourth-order valence-electron chi connectivity index (χ4n) is 3.78. The van der Waals surface area contributed by atoms with Crippen LogP contribution in [-0.4, -0.2) is 52.1 Å². The van der Waals surface area contributed by atoms with Crippen molar-refractivity contribution in [3.05, 3.63) is 84.3 Å². The average molecular weight is 425 g/mol. The molecule has 0 aliphatic carbocycles. The minimum Gasteiger partial charge on any atom is -0.378 e. The van der Waals surface area contributed by atoms with Gasteiger partial charge in [0.25, 0.3) is 0 Å². The number of hydrogen-bond donors (Lipinski definition) is 0. The van der Waals surface area contributed by atoms with Crippen LogP contribution >= 0.6 is 0 Å². The second-order valence-corrected chi connectivity index (χ2v) is 7.58. The van der Waals surface area contributed by atoms with Crippen molar-refractivity contribution in [2.24, 2.45) is 4.99 Å². The number of pyridine rings is 1. The molecule has 0 atom stereocenters. The van der Waals surface area contributed by atoms with Crippen molar-refractivity contribution in [1.29, 1.82) is 0 Å². The van der Waals surface area contributed by atoms with Gasteiger partial charge in [0.1, 0.15) is 5.82 Å². The molecule has 0 N–H and O–H groups in total. The van der Waals surface area contributed by atoms with Gasteiger partial charge in [0, 0.05) is 49.4 Å². The smallest absolute Gasteiger partial charge is 0.158 e. The summed E-state index contributed by atoms with van der Waals surface area (Å²) in [6, 6.07) is 16.1. The molecular formula is C25H24N6O. The highest BCUT2D eigenvalue weighted by atomic mass is 16.5. The highest BCUT2D eigenvalue weighted by Gasteiger charge is 2.18. The quantitative estimate of drug-likeness (QED) is 0.439. The summed E-state index contributed by atoms with van der Waals surface area (Å²) in [7, 11) is 0. The third kappa shape index (κ3) is 4.29. The minimum absolute atomic E-state index is 0.488. The fraction of sp³-hybridized carbons (Fsp3) is 0.200. The van der Waals surface area contributed by atoms with Gasteiger partial charge in [0.15, 0.2) is 5.65 Å². The van der Waals surface area contributed by atoms with E-state index in [9.17, 15) is 0 Å². The van der Waals surface area contributed by atoms with Crippen LogP contribution in [0.4, 0.5) is 5.82 Å². The number of benzene rings is 1. The molecule has 0 saturated carbocycles. The maximum Gasteiger partial charge on any atom is 0.158 e. The first-order valence-corrected chi connectivity index (χ1v) is 10.7. The molecule has 1 aliphatic heterocycles. The molecule has 0 spiro atoms. The van der Waals surface area contributed by atoms with E-state index in [0.717, 1.165) is 52.6 Å². The van der Waals surface area contributed by atoms with Gasteiger partial charge in [-0.3, -0.25) is 9.98 Å². The summed E-state index contributed by atoms with van der Waals surface area (Å²) in [4.78, 5) is 15.9. The van der Waals surface area contributed by atoms with E-state index in [4.69, 9.17) is 14.8 Å². The molecule has 160 valence electrons. The van der Waals surface area contributed by atoms with E-state index in [1.54, 1.807) is 12.4 Å². The first-order valence-electron chi connectivity index (χ1n) is 10.7. The van der Waals surface area contributed by atoms with E-state index in [1.165, 1.54) is 0 Å². The zero-order valence-electron chi connectivity index (χ0n) is 17.8. The van der Waals surface area contributed by atoms with Crippen LogP contribution in [0.25, 0.3) is 23.0 Å². The second-order valence-electron chi connectivity index (χ2n) is 7.58. The van der Waals surface area contributed by atoms with Crippen LogP contribution in [0.5, 0.6) is 0 Å². The molecule has 3 aromatic heterocycles. The Morgan fingerprint density at radius 2 is 1.84 bits per heavy atom. The summed E-state index contributed by atoms with van der Waals surface area (Å²) >= 11 is 0. The summed E-state index contributed by atoms with van der Waals surface area (Å²) in [6.07, 6.45) is 7.27. The van der Waals surface area contributed by atoms with Crippen LogP contribution in [0, 0.1) is 0 Å². The molecule has 0 bridgehead atoms. The van der Waals surface area contributed by atoms with E-state index in [1.807, 2.05) is 53.2 Å². The summed E-state index contributed by atoms with van der Waals surface area (Å²) < 4.78 is 7.46. The van der Waals surface area contributed by atoms with Crippen LogP contribution in [0.1, 0.15) is 16.8 Å². The standard InChI is InChI=1S/C25H24N6O/c1-2-19-4-3-5-20(14-19)17-27-18-22-15-25(30-10-12-32-13-11-30)31-24(28-22)16-23(29-31)21-6-8-26-9-7-21/h2-9,14-17H,1,10-13,18H2. The first kappa shape index (κ1) is 20.1. The third-order valence-corrected chi connectivity index (χ3v) is 5.41. The van der Waals surface area contributed by atoms with Gasteiger partial charge in [-0.2, -0.15) is 9.61 Å². The van der Waals surface area contributed by atoms with Gasteiger partial charge in [0.05, 0.1) is 31.1 Å². The third-order valence-electron chi connectivity index (χ3n) is 5.41. The van der Waals surface area contributed by atoms with Crippen LogP contribution in [-0.2, 0) is 11.3 Å². The van der Waals surface area contributed by atoms with Crippen molar-refractivity contribution in [3.63, 3.8) is 0 Å². The zero-order chi connectivity index (χ0) is 21.8. The number of ether oxygens (including phenoxy) is 1. The van der Waals surface area contributed by atoms with E-state index >= 15 is 0 Å². The molecule has 32 heavy (non-hydrogen) atoms. The Kier molecular flexibility index (Phi) is 5.72. The number of hydrogen-bond acceptors (Lipinski definition) is 6. The normalized spacial score (nSPS) is 14.3. The van der Waals surface area contributed by atoms with Gasteiger partial charge in [-0.15, -0.1) is 0 Å². The van der Waals surface area contributed by atoms with Crippen molar-refractivity contribution < 1.29 is 4.74 Å². The van der Waals surface area contributed by atoms with Gasteiger partial charge in [-0.1, -0.05) is 30.9 Å². The Morgan fingerprint density at radius 3 is 2.66 bits per heavy atom. The molecule has 4 heterocycles. The molecule has 5 rings (SSSR count). The predicted molar refractivity (Wildman–Crippen MR) is 127 cm³/mol. The van der Waals surface area contributed by atoms with Crippen LogP contribution in [0.15, 0.2) is 72.5 Å². The van der Waals surface area contributed by atoms with Crippen molar-refractivity contribution in [2.45, 2.75) is 6.54 Å². The Hall–Kier alpha value is -3.84. The summed E-state index contributed by atoms with van der Waals surface area (Å²) in [5.74, 6) is 1.01. The topological polar surface area (TPSA) is 67.9 Å². The maximum absolute atomic E-state index is 5.55. The van der Waals surface area contributed by atoms with Crippen molar-refractivity contribution >= 4 is 23.8 Å². The lowest BCUT2D eigenvalue weighted by molar-refractivity contribution is 0.122. The zero-order valence-corrected chi connectivity index (χ0v) is 17.8. The molecule has 1 aromatic carbocycles. The molecule has 4 aromatic rings. The largest absolute Gasteiger partial charge is 0.378 e. The molecule has 0 unspecified atom stereocenters. The summed E-state index contributed by atoms with van der Waals surface area (Å²) in [6.45, 7) is 7.36. The van der Waals surface area contributed by atoms with Crippen molar-refractivity contribution in [3.8, 4) is 11.3 Å². The van der Waals surface area contributed by atoms with E-state index in [0.29, 0.717) is 19.8 Å². The van der Waals surface area contributed by atoms with Gasteiger partial charge >= 0.3 is 0 Å². The predicted octanol–water partition coefficient (Wildman–Crippen LogP) is 3.89. The second kappa shape index (κ2) is 9.11. The lowest BCUT2D eigenvalue weighted by atomic mass is 10.1. The highest BCUT2D eigenvalue weighted by molar-refractivity contribution is 5.80. The lowest BCUT2D eigenvalue weighted by Gasteiger charge is -2.29. The van der Waals surface area contributed by atoms with E-state index in [2.05, 4.69) is 33.6 Å². The lowest BCUT2D eigenvalue weighted by Crippen LogP contribution is -2.37. The van der Waals surface area contributed by atoms with E-state index < -0.39 is 0 Å². The van der Waals surface area contributed by atoms with Crippen molar-refractivity contribution in [2.75, 3.05) is 31.2 Å². The Balaban J connectivity index is 1.49. The molecule has 0 radical (unpaired) electrons. The Morgan fingerprint density at radius 1 is 1.03 bits per heavy atom. The monoisotopic (exact) mass is 424 g/mol. The van der Waals surface area contributed by atoms with Crippen LogP contribution in [0.3, 0.4) is 0 Å². The molecule has 1 saturated heterocycles. The highest BCUT2D eigenvalue weighted by Crippen LogP contribution is 2.24. The molecule has 7 nitrogen and oxygen atoms in total. The van der Waals surface area contributed by atoms with Crippen LogP contribution < -0.4 is 4.90 Å². The number of morpholine rings is 1. The fourth-order valence-corrected chi connectivity index (χ4v) is 3.78. The molecular weight excluding hydrogens is 400 g/mol. The molecule has 1 fully saturated rings. The Bertz CT molecular complexity index is 1260. The number of rotatable bonds is 6. The Labute approximate surface area is 186 Å². The number of aliphatic imine (C=N–C) groups is 1. The molecule has 7 heteroatoms. The average Bonchev–Trinajstić information content (AvgIpc) is 3.29. The minimum atomic E-state index is 0.488. The number of fused-ring (bicyclic) bond motifs is 1. The SMILES string of the molecule is C=Cc1cccc(C=NCc2cc(N3CCOCC3)n3nc(-c4ccncc4)cc3n2)c1. The molecule has 0 amide bonds. The number of aromatic nitrogens is 4. The van der Waals surface area contributed by atoms with E-state index in [-0.39, 0.29) is 0 Å². The maximum atomic E-state index is 5.55. The first-order chi connectivity index (χ1) is 15.8. The van der Waals surface area contributed by atoms with Crippen molar-refractivity contribution in [1.82, 2.24) is 19.6 Å². The van der Waals surface area contributed by atoms with Gasteiger partial charge in [-0.05, 0) is 29.3 Å². The number of nitrogens with zero attached hydrogens (tertiary/aromatic N) is 6. The van der Waals surface area contributed by atoms with Gasteiger partial charge in [0.2, 0.25) is 0 Å². The summed E-state index contributed by atoms with van der Waals surface area (Å²) in [5, 5.41) is 4.84. The van der Waals surface area contributed by atoms with Gasteiger partial charge < -0.3 is 9.64 Å². The van der Waals surface area contributed by atoms with Crippen LogP contribution in [0.2, 0.25) is 0 Å².